The van der Waals surface area contributed by atoms with Gasteiger partial charge in [0.1, 0.15) is 17.2 Å². The second-order valence-corrected chi connectivity index (χ2v) is 6.66. The van der Waals surface area contributed by atoms with Crippen molar-refractivity contribution < 1.29 is 19.0 Å². The van der Waals surface area contributed by atoms with Crippen LogP contribution in [0.2, 0.25) is 0 Å². The highest BCUT2D eigenvalue weighted by molar-refractivity contribution is 5.93. The molecule has 1 N–H and O–H groups in total. The molecule has 0 aliphatic carbocycles. The van der Waals surface area contributed by atoms with E-state index in [1.807, 2.05) is 24.3 Å². The van der Waals surface area contributed by atoms with E-state index in [0.29, 0.717) is 22.9 Å². The standard InChI is InChI=1S/C21H27NO4/c1-6-21(2,3)15-7-9-16(10-8-15)26-14-20(23)22-18-13-17(24-4)11-12-19(18)25-5/h7-13H,6,14H2,1-5H3,(H,22,23). The van der Waals surface area contributed by atoms with Crippen molar-refractivity contribution in [2.45, 2.75) is 32.6 Å². The number of nitrogens with one attached hydrogen (secondary N) is 1. The molecule has 0 aromatic heterocycles. The van der Waals surface area contributed by atoms with Gasteiger partial charge < -0.3 is 19.5 Å². The Morgan fingerprint density at radius 2 is 1.65 bits per heavy atom. The summed E-state index contributed by atoms with van der Waals surface area (Å²) in [5.41, 5.74) is 1.91. The predicted octanol–water partition coefficient (Wildman–Crippen LogP) is 4.41. The summed E-state index contributed by atoms with van der Waals surface area (Å²) in [6.45, 7) is 6.49. The highest BCUT2D eigenvalue weighted by Gasteiger charge is 2.17. The van der Waals surface area contributed by atoms with Gasteiger partial charge in [-0.2, -0.15) is 0 Å². The van der Waals surface area contributed by atoms with Crippen molar-refractivity contribution in [1.82, 2.24) is 0 Å². The minimum Gasteiger partial charge on any atom is -0.497 e. The van der Waals surface area contributed by atoms with Gasteiger partial charge in [0, 0.05) is 6.07 Å². The Kier molecular flexibility index (Phi) is 6.50. The minimum absolute atomic E-state index is 0.0864. The number of amides is 1. The molecule has 2 rings (SSSR count). The Labute approximate surface area is 155 Å². The highest BCUT2D eigenvalue weighted by Crippen LogP contribution is 2.29. The van der Waals surface area contributed by atoms with Crippen molar-refractivity contribution in [3.8, 4) is 17.2 Å². The van der Waals surface area contributed by atoms with E-state index in [4.69, 9.17) is 14.2 Å². The molecule has 0 heterocycles. The van der Waals surface area contributed by atoms with Gasteiger partial charge in [0.25, 0.3) is 5.91 Å². The Hall–Kier alpha value is -2.69. The quantitative estimate of drug-likeness (QED) is 0.760. The molecule has 0 unspecified atom stereocenters. The number of hydrogen-bond donors (Lipinski definition) is 1. The number of carbonyl (C=O) groups is 1. The molecule has 5 nitrogen and oxygen atoms in total. The van der Waals surface area contributed by atoms with Crippen LogP contribution in [0.4, 0.5) is 5.69 Å². The first-order chi connectivity index (χ1) is 12.4. The van der Waals surface area contributed by atoms with Crippen LogP contribution >= 0.6 is 0 Å². The van der Waals surface area contributed by atoms with Crippen LogP contribution in [-0.4, -0.2) is 26.7 Å². The number of carbonyl (C=O) groups excluding carboxylic acids is 1. The van der Waals surface area contributed by atoms with E-state index in [1.165, 1.54) is 5.56 Å². The third-order valence-corrected chi connectivity index (χ3v) is 4.57. The molecule has 26 heavy (non-hydrogen) atoms. The fraction of sp³-hybridized carbons (Fsp3) is 0.381. The van der Waals surface area contributed by atoms with Gasteiger partial charge in [0.2, 0.25) is 0 Å². The van der Waals surface area contributed by atoms with E-state index < -0.39 is 0 Å². The summed E-state index contributed by atoms with van der Waals surface area (Å²) in [7, 11) is 3.12. The van der Waals surface area contributed by atoms with Crippen molar-refractivity contribution in [2.24, 2.45) is 0 Å². The Bertz CT molecular complexity index is 738. The van der Waals surface area contributed by atoms with Gasteiger partial charge >= 0.3 is 0 Å². The highest BCUT2D eigenvalue weighted by atomic mass is 16.5. The zero-order valence-electron chi connectivity index (χ0n) is 16.1. The maximum atomic E-state index is 12.2. The Morgan fingerprint density at radius 1 is 1.00 bits per heavy atom. The maximum absolute atomic E-state index is 12.2. The molecule has 5 heteroatoms. The summed E-state index contributed by atoms with van der Waals surface area (Å²) in [5.74, 6) is 1.59. The molecule has 1 amide bonds. The van der Waals surface area contributed by atoms with Gasteiger partial charge in [-0.05, 0) is 41.7 Å². The summed E-state index contributed by atoms with van der Waals surface area (Å²) >= 11 is 0. The lowest BCUT2D eigenvalue weighted by atomic mass is 9.82. The van der Waals surface area contributed by atoms with Crippen molar-refractivity contribution in [3.05, 3.63) is 48.0 Å². The summed E-state index contributed by atoms with van der Waals surface area (Å²) in [4.78, 5) is 12.2. The lowest BCUT2D eigenvalue weighted by Crippen LogP contribution is -2.20. The van der Waals surface area contributed by atoms with Gasteiger partial charge in [-0.3, -0.25) is 4.79 Å². The molecule has 0 radical (unpaired) electrons. The molecule has 0 bridgehead atoms. The molecule has 0 aliphatic rings. The zero-order valence-corrected chi connectivity index (χ0v) is 16.1. The van der Waals surface area contributed by atoms with E-state index >= 15 is 0 Å². The number of anilines is 1. The second-order valence-electron chi connectivity index (χ2n) is 6.66. The number of hydrogen-bond acceptors (Lipinski definition) is 4. The van der Waals surface area contributed by atoms with Gasteiger partial charge in [-0.25, -0.2) is 0 Å². The van der Waals surface area contributed by atoms with Crippen LogP contribution < -0.4 is 19.5 Å². The Balaban J connectivity index is 1.97. The Morgan fingerprint density at radius 3 is 2.23 bits per heavy atom. The molecular weight excluding hydrogens is 330 g/mol. The first-order valence-corrected chi connectivity index (χ1v) is 8.65. The largest absolute Gasteiger partial charge is 0.497 e. The molecule has 2 aromatic rings. The van der Waals surface area contributed by atoms with Crippen LogP contribution in [0, 0.1) is 0 Å². The van der Waals surface area contributed by atoms with Crippen LogP contribution in [0.3, 0.4) is 0 Å². The predicted molar refractivity (Wildman–Crippen MR) is 103 cm³/mol. The third kappa shape index (κ3) is 4.91. The van der Waals surface area contributed by atoms with E-state index in [9.17, 15) is 4.79 Å². The average molecular weight is 357 g/mol. The number of benzene rings is 2. The molecule has 0 atom stereocenters. The smallest absolute Gasteiger partial charge is 0.262 e. The summed E-state index contributed by atoms with van der Waals surface area (Å²) in [6, 6.07) is 13.1. The molecule has 0 saturated carbocycles. The first-order valence-electron chi connectivity index (χ1n) is 8.65. The maximum Gasteiger partial charge on any atom is 0.262 e. The molecule has 2 aromatic carbocycles. The second kappa shape index (κ2) is 8.61. The van der Waals surface area contributed by atoms with Gasteiger partial charge in [-0.15, -0.1) is 0 Å². The van der Waals surface area contributed by atoms with Gasteiger partial charge in [-0.1, -0.05) is 32.9 Å². The third-order valence-electron chi connectivity index (χ3n) is 4.57. The molecule has 0 aliphatic heterocycles. The number of methoxy groups -OCH3 is 2. The van der Waals surface area contributed by atoms with Crippen molar-refractivity contribution >= 4 is 11.6 Å². The van der Waals surface area contributed by atoms with Crippen LogP contribution in [0.5, 0.6) is 17.2 Å². The SMILES string of the molecule is CCC(C)(C)c1ccc(OCC(=O)Nc2cc(OC)ccc2OC)cc1. The topological polar surface area (TPSA) is 56.8 Å². The minimum atomic E-state index is -0.269. The molecule has 0 fully saturated rings. The summed E-state index contributed by atoms with van der Waals surface area (Å²) in [6.07, 6.45) is 1.05. The number of rotatable bonds is 8. The first kappa shape index (κ1) is 19.6. The van der Waals surface area contributed by atoms with E-state index in [1.54, 1.807) is 32.4 Å². The van der Waals surface area contributed by atoms with Gasteiger partial charge in [0.05, 0.1) is 19.9 Å². The van der Waals surface area contributed by atoms with Crippen molar-refractivity contribution in [1.29, 1.82) is 0 Å². The molecular formula is C21H27NO4. The normalized spacial score (nSPS) is 11.0. The fourth-order valence-corrected chi connectivity index (χ4v) is 2.45. The van der Waals surface area contributed by atoms with E-state index in [-0.39, 0.29) is 17.9 Å². The molecule has 0 spiro atoms. The van der Waals surface area contributed by atoms with E-state index in [2.05, 4.69) is 26.1 Å². The van der Waals surface area contributed by atoms with Crippen molar-refractivity contribution in [3.63, 3.8) is 0 Å². The van der Waals surface area contributed by atoms with Crippen LogP contribution in [-0.2, 0) is 10.2 Å². The van der Waals surface area contributed by atoms with Crippen LogP contribution in [0.15, 0.2) is 42.5 Å². The fourth-order valence-electron chi connectivity index (χ4n) is 2.45. The number of ether oxygens (including phenoxy) is 3. The average Bonchev–Trinajstić information content (AvgIpc) is 2.66. The molecule has 0 saturated heterocycles. The zero-order chi connectivity index (χ0) is 19.2. The summed E-state index contributed by atoms with van der Waals surface area (Å²) < 4.78 is 16.0. The molecule has 140 valence electrons. The monoisotopic (exact) mass is 357 g/mol. The van der Waals surface area contributed by atoms with Crippen molar-refractivity contribution in [2.75, 3.05) is 26.1 Å². The van der Waals surface area contributed by atoms with Gasteiger partial charge in [0.15, 0.2) is 6.61 Å². The van der Waals surface area contributed by atoms with E-state index in [0.717, 1.165) is 6.42 Å². The summed E-state index contributed by atoms with van der Waals surface area (Å²) in [5, 5.41) is 2.78. The lowest BCUT2D eigenvalue weighted by Gasteiger charge is -2.23. The van der Waals surface area contributed by atoms with Crippen LogP contribution in [0.25, 0.3) is 0 Å². The lowest BCUT2D eigenvalue weighted by molar-refractivity contribution is -0.118. The van der Waals surface area contributed by atoms with Crippen LogP contribution in [0.1, 0.15) is 32.8 Å².